The molecule has 3 N–H and O–H groups in total. The Hall–Kier alpha value is -3.02. The number of amides is 1. The van der Waals surface area contributed by atoms with Gasteiger partial charge < -0.3 is 15.0 Å². The van der Waals surface area contributed by atoms with Crippen molar-refractivity contribution in [2.75, 3.05) is 49.5 Å². The van der Waals surface area contributed by atoms with Crippen LogP contribution < -0.4 is 15.4 Å². The Balaban J connectivity index is 1.50. The summed E-state index contributed by atoms with van der Waals surface area (Å²) in [6, 6.07) is 9.31. The molecule has 2 aromatic rings. The average molecular weight is 448 g/mol. The van der Waals surface area contributed by atoms with Crippen molar-refractivity contribution in [2.45, 2.75) is 11.8 Å². The first kappa shape index (κ1) is 22.7. The van der Waals surface area contributed by atoms with Crippen molar-refractivity contribution < 1.29 is 22.7 Å². The van der Waals surface area contributed by atoms with Crippen molar-refractivity contribution in [3.05, 3.63) is 48.2 Å². The number of esters is 1. The highest BCUT2D eigenvalue weighted by atomic mass is 32.2. The molecule has 0 bridgehead atoms. The van der Waals surface area contributed by atoms with E-state index in [1.807, 2.05) is 4.90 Å². The fraction of sp³-hybridized carbons (Fsp3) is 0.350. The van der Waals surface area contributed by atoms with Crippen molar-refractivity contribution in [1.82, 2.24) is 9.88 Å². The molecule has 0 unspecified atom stereocenters. The quantitative estimate of drug-likeness (QED) is 0.591. The Bertz CT molecular complexity index is 1030. The summed E-state index contributed by atoms with van der Waals surface area (Å²) >= 11 is 0. The van der Waals surface area contributed by atoms with E-state index in [4.69, 9.17) is 9.88 Å². The smallest absolute Gasteiger partial charge is 0.339 e. The van der Waals surface area contributed by atoms with Gasteiger partial charge in [0.25, 0.3) is 0 Å². The number of hydrogen-bond acceptors (Lipinski definition) is 8. The van der Waals surface area contributed by atoms with Gasteiger partial charge in [0.2, 0.25) is 15.9 Å². The van der Waals surface area contributed by atoms with Crippen molar-refractivity contribution in [3.8, 4) is 0 Å². The molecule has 0 radical (unpaired) electrons. The third kappa shape index (κ3) is 6.23. The van der Waals surface area contributed by atoms with Gasteiger partial charge in [-0.05, 0) is 37.3 Å². The normalized spacial score (nSPS) is 14.8. The van der Waals surface area contributed by atoms with Gasteiger partial charge in [0.15, 0.2) is 0 Å². The largest absolute Gasteiger partial charge is 0.462 e. The molecule has 1 aliphatic rings. The molecule has 11 heteroatoms. The lowest BCUT2D eigenvalue weighted by molar-refractivity contribution is -0.117. The standard InChI is InChI=1S/C20H25N5O5S/c1-2-30-20(27)15-6-7-18(22-13-15)25-10-8-24(9-11-25)14-19(26)23-16-4-3-5-17(12-16)31(21,28)29/h3-7,12-13H,2,8-11,14H2,1H3,(H,23,26)(H2,21,28,29). The maximum absolute atomic E-state index is 12.3. The number of primary sulfonamides is 1. The molecule has 0 aliphatic carbocycles. The Morgan fingerprint density at radius 3 is 2.52 bits per heavy atom. The Kier molecular flexibility index (Phi) is 7.21. The van der Waals surface area contributed by atoms with Gasteiger partial charge in [-0.15, -0.1) is 0 Å². The first-order valence-corrected chi connectivity index (χ1v) is 11.3. The minimum absolute atomic E-state index is 0.0552. The topological polar surface area (TPSA) is 135 Å². The molecule has 166 valence electrons. The number of ether oxygens (including phenoxy) is 1. The number of nitrogens with two attached hydrogens (primary N) is 1. The number of anilines is 2. The second-order valence-corrected chi connectivity index (χ2v) is 8.57. The summed E-state index contributed by atoms with van der Waals surface area (Å²) in [6.07, 6.45) is 1.50. The van der Waals surface area contributed by atoms with Crippen LogP contribution in [0.5, 0.6) is 0 Å². The summed E-state index contributed by atoms with van der Waals surface area (Å²) in [7, 11) is -3.83. The molecule has 0 atom stereocenters. The monoisotopic (exact) mass is 447 g/mol. The summed E-state index contributed by atoms with van der Waals surface area (Å²) in [5, 5.41) is 7.82. The number of benzene rings is 1. The van der Waals surface area contributed by atoms with Crippen LogP contribution in [0.15, 0.2) is 47.5 Å². The molecule has 1 amide bonds. The van der Waals surface area contributed by atoms with E-state index in [0.717, 1.165) is 5.82 Å². The van der Waals surface area contributed by atoms with E-state index in [0.29, 0.717) is 44.0 Å². The minimum atomic E-state index is -3.83. The fourth-order valence-corrected chi connectivity index (χ4v) is 3.76. The minimum Gasteiger partial charge on any atom is -0.462 e. The number of nitrogens with one attached hydrogen (secondary N) is 1. The molecule has 0 spiro atoms. The van der Waals surface area contributed by atoms with E-state index in [1.165, 1.54) is 24.4 Å². The van der Waals surface area contributed by atoms with E-state index in [9.17, 15) is 18.0 Å². The van der Waals surface area contributed by atoms with Gasteiger partial charge in [0, 0.05) is 38.1 Å². The number of carbonyl (C=O) groups excluding carboxylic acids is 2. The summed E-state index contributed by atoms with van der Waals surface area (Å²) in [5.74, 6) is 0.126. The second kappa shape index (κ2) is 9.86. The lowest BCUT2D eigenvalue weighted by Gasteiger charge is -2.35. The third-order valence-electron chi connectivity index (χ3n) is 4.77. The summed E-state index contributed by atoms with van der Waals surface area (Å²) in [5.41, 5.74) is 0.786. The van der Waals surface area contributed by atoms with Crippen LogP contribution in [-0.4, -0.2) is 69.5 Å². The number of hydrogen-bond donors (Lipinski definition) is 2. The Labute approximate surface area is 181 Å². The van der Waals surface area contributed by atoms with Crippen LogP contribution in [-0.2, 0) is 19.6 Å². The number of sulfonamides is 1. The van der Waals surface area contributed by atoms with Gasteiger partial charge in [-0.25, -0.2) is 23.3 Å². The zero-order valence-corrected chi connectivity index (χ0v) is 18.0. The second-order valence-electron chi connectivity index (χ2n) is 7.01. The van der Waals surface area contributed by atoms with Crippen LogP contribution in [0.1, 0.15) is 17.3 Å². The van der Waals surface area contributed by atoms with Crippen LogP contribution in [0.3, 0.4) is 0 Å². The van der Waals surface area contributed by atoms with Crippen molar-refractivity contribution in [2.24, 2.45) is 5.14 Å². The molecule has 1 fully saturated rings. The zero-order chi connectivity index (χ0) is 22.4. The van der Waals surface area contributed by atoms with Crippen molar-refractivity contribution >= 4 is 33.4 Å². The van der Waals surface area contributed by atoms with E-state index in [-0.39, 0.29) is 17.3 Å². The third-order valence-corrected chi connectivity index (χ3v) is 5.68. The lowest BCUT2D eigenvalue weighted by atomic mass is 10.2. The molecule has 31 heavy (non-hydrogen) atoms. The Morgan fingerprint density at radius 1 is 1.16 bits per heavy atom. The van der Waals surface area contributed by atoms with Crippen LogP contribution in [0.2, 0.25) is 0 Å². The lowest BCUT2D eigenvalue weighted by Crippen LogP contribution is -2.48. The summed E-state index contributed by atoms with van der Waals surface area (Å²) < 4.78 is 27.8. The molecule has 2 heterocycles. The molecule has 10 nitrogen and oxygen atoms in total. The highest BCUT2D eigenvalue weighted by Gasteiger charge is 2.20. The van der Waals surface area contributed by atoms with Crippen molar-refractivity contribution in [3.63, 3.8) is 0 Å². The Morgan fingerprint density at radius 2 is 1.90 bits per heavy atom. The molecule has 1 aliphatic heterocycles. The molecule has 3 rings (SSSR count). The molecular formula is C20H25N5O5S. The molecular weight excluding hydrogens is 422 g/mol. The number of carbonyl (C=O) groups is 2. The summed E-state index contributed by atoms with van der Waals surface area (Å²) in [6.45, 7) is 4.93. The number of rotatable bonds is 7. The maximum Gasteiger partial charge on any atom is 0.339 e. The predicted octanol–water partition coefficient (Wildman–Crippen LogP) is 0.666. The van der Waals surface area contributed by atoms with Crippen LogP contribution in [0.25, 0.3) is 0 Å². The predicted molar refractivity (Wildman–Crippen MR) is 115 cm³/mol. The first-order valence-electron chi connectivity index (χ1n) is 9.79. The van der Waals surface area contributed by atoms with Gasteiger partial charge in [-0.2, -0.15) is 0 Å². The van der Waals surface area contributed by atoms with Gasteiger partial charge >= 0.3 is 5.97 Å². The average Bonchev–Trinajstić information content (AvgIpc) is 2.74. The molecule has 0 saturated carbocycles. The van der Waals surface area contributed by atoms with E-state index < -0.39 is 16.0 Å². The highest BCUT2D eigenvalue weighted by molar-refractivity contribution is 7.89. The van der Waals surface area contributed by atoms with E-state index in [1.54, 1.807) is 25.1 Å². The van der Waals surface area contributed by atoms with Gasteiger partial charge in [-0.1, -0.05) is 6.07 Å². The molecule has 1 aromatic carbocycles. The van der Waals surface area contributed by atoms with Crippen LogP contribution in [0.4, 0.5) is 11.5 Å². The number of nitrogens with zero attached hydrogens (tertiary/aromatic N) is 3. The van der Waals surface area contributed by atoms with Gasteiger partial charge in [-0.3, -0.25) is 9.69 Å². The van der Waals surface area contributed by atoms with Crippen LogP contribution >= 0.6 is 0 Å². The highest BCUT2D eigenvalue weighted by Crippen LogP contribution is 2.16. The molecule has 1 aromatic heterocycles. The van der Waals surface area contributed by atoms with Gasteiger partial charge in [0.1, 0.15) is 5.82 Å². The van der Waals surface area contributed by atoms with Crippen LogP contribution in [0, 0.1) is 0 Å². The van der Waals surface area contributed by atoms with E-state index in [2.05, 4.69) is 15.2 Å². The summed E-state index contributed by atoms with van der Waals surface area (Å²) in [4.78, 5) is 32.4. The number of aromatic nitrogens is 1. The molecule has 1 saturated heterocycles. The SMILES string of the molecule is CCOC(=O)c1ccc(N2CCN(CC(=O)Nc3cccc(S(N)(=O)=O)c3)CC2)nc1. The zero-order valence-electron chi connectivity index (χ0n) is 17.2. The maximum atomic E-state index is 12.3. The number of piperazine rings is 1. The first-order chi connectivity index (χ1) is 14.8. The van der Waals surface area contributed by atoms with Gasteiger partial charge in [0.05, 0.1) is 23.6 Å². The van der Waals surface area contributed by atoms with Crippen molar-refractivity contribution in [1.29, 1.82) is 0 Å². The van der Waals surface area contributed by atoms with E-state index >= 15 is 0 Å². The number of pyridine rings is 1. The fourth-order valence-electron chi connectivity index (χ4n) is 3.20.